The third kappa shape index (κ3) is 2.50. The summed E-state index contributed by atoms with van der Waals surface area (Å²) in [5, 5.41) is 5.58. The Balaban J connectivity index is 2.43. The van der Waals surface area contributed by atoms with E-state index in [0.29, 0.717) is 6.61 Å². The molecule has 1 aromatic carbocycles. The molecule has 1 heterocycles. The lowest BCUT2D eigenvalue weighted by atomic mass is 9.87. The Kier molecular flexibility index (Phi) is 3.20. The van der Waals surface area contributed by atoms with Gasteiger partial charge < -0.3 is 4.74 Å². The van der Waals surface area contributed by atoms with Crippen LogP contribution >= 0.6 is 0 Å². The van der Waals surface area contributed by atoms with E-state index in [4.69, 9.17) is 4.74 Å². The van der Waals surface area contributed by atoms with Gasteiger partial charge in [0.2, 0.25) is 0 Å². The average Bonchev–Trinajstić information content (AvgIpc) is 2.67. The van der Waals surface area contributed by atoms with Gasteiger partial charge in [-0.1, -0.05) is 32.9 Å². The van der Waals surface area contributed by atoms with Crippen LogP contribution in [0.15, 0.2) is 24.4 Å². The predicted molar refractivity (Wildman–Crippen MR) is 70.3 cm³/mol. The Bertz CT molecular complexity index is 508. The quantitative estimate of drug-likeness (QED) is 0.813. The SMILES string of the molecule is COCCn1ncc2ccc(C(C)(C)C)cc21. The normalized spacial score (nSPS) is 12.2. The lowest BCUT2D eigenvalue weighted by Crippen LogP contribution is -2.11. The maximum atomic E-state index is 5.10. The molecule has 0 bridgehead atoms. The summed E-state index contributed by atoms with van der Waals surface area (Å²) in [6, 6.07) is 6.56. The number of methoxy groups -OCH3 is 1. The molecule has 92 valence electrons. The zero-order chi connectivity index (χ0) is 12.5. The summed E-state index contributed by atoms with van der Waals surface area (Å²) in [7, 11) is 1.71. The maximum Gasteiger partial charge on any atom is 0.0686 e. The molecule has 3 nitrogen and oxygen atoms in total. The Labute approximate surface area is 102 Å². The molecule has 0 unspecified atom stereocenters. The van der Waals surface area contributed by atoms with Crippen molar-refractivity contribution in [1.29, 1.82) is 0 Å². The summed E-state index contributed by atoms with van der Waals surface area (Å²) in [5.74, 6) is 0. The fraction of sp³-hybridized carbons (Fsp3) is 0.500. The second kappa shape index (κ2) is 4.49. The smallest absolute Gasteiger partial charge is 0.0686 e. The highest BCUT2D eigenvalue weighted by atomic mass is 16.5. The van der Waals surface area contributed by atoms with E-state index in [9.17, 15) is 0 Å². The zero-order valence-electron chi connectivity index (χ0n) is 11.0. The van der Waals surface area contributed by atoms with Crippen molar-refractivity contribution in [2.75, 3.05) is 13.7 Å². The molecule has 0 saturated carbocycles. The third-order valence-corrected chi connectivity index (χ3v) is 3.02. The highest BCUT2D eigenvalue weighted by molar-refractivity contribution is 5.79. The molecular formula is C14H20N2O. The van der Waals surface area contributed by atoms with Crippen LogP contribution in [0.5, 0.6) is 0 Å². The van der Waals surface area contributed by atoms with E-state index in [1.807, 2.05) is 10.9 Å². The van der Waals surface area contributed by atoms with Crippen LogP contribution < -0.4 is 0 Å². The molecular weight excluding hydrogens is 212 g/mol. The molecule has 2 rings (SSSR count). The van der Waals surface area contributed by atoms with Gasteiger partial charge in [-0.05, 0) is 17.0 Å². The van der Waals surface area contributed by atoms with E-state index in [1.54, 1.807) is 7.11 Å². The Morgan fingerprint density at radius 2 is 2.06 bits per heavy atom. The molecule has 0 amide bonds. The first-order chi connectivity index (χ1) is 8.02. The van der Waals surface area contributed by atoms with Crippen LogP contribution in [0, 0.1) is 0 Å². The average molecular weight is 232 g/mol. The first kappa shape index (κ1) is 12.1. The predicted octanol–water partition coefficient (Wildman–Crippen LogP) is 2.98. The maximum absolute atomic E-state index is 5.10. The molecule has 0 saturated heterocycles. The molecule has 0 aliphatic rings. The number of hydrogen-bond donors (Lipinski definition) is 0. The summed E-state index contributed by atoms with van der Waals surface area (Å²) in [4.78, 5) is 0. The molecule has 1 aromatic heterocycles. The van der Waals surface area contributed by atoms with Crippen molar-refractivity contribution in [3.8, 4) is 0 Å². The summed E-state index contributed by atoms with van der Waals surface area (Å²) >= 11 is 0. The van der Waals surface area contributed by atoms with Crippen molar-refractivity contribution in [2.45, 2.75) is 32.7 Å². The largest absolute Gasteiger partial charge is 0.383 e. The molecule has 0 atom stereocenters. The van der Waals surface area contributed by atoms with Gasteiger partial charge in [-0.15, -0.1) is 0 Å². The van der Waals surface area contributed by atoms with Crippen LogP contribution in [0.1, 0.15) is 26.3 Å². The van der Waals surface area contributed by atoms with Crippen LogP contribution in [0.25, 0.3) is 10.9 Å². The number of fused-ring (bicyclic) bond motifs is 1. The molecule has 0 aliphatic carbocycles. The van der Waals surface area contributed by atoms with Crippen LogP contribution in [-0.4, -0.2) is 23.5 Å². The van der Waals surface area contributed by atoms with Crippen molar-refractivity contribution >= 4 is 10.9 Å². The van der Waals surface area contributed by atoms with E-state index < -0.39 is 0 Å². The molecule has 3 heteroatoms. The van der Waals surface area contributed by atoms with Crippen LogP contribution in [-0.2, 0) is 16.7 Å². The van der Waals surface area contributed by atoms with Crippen LogP contribution in [0.4, 0.5) is 0 Å². The standard InChI is InChI=1S/C14H20N2O/c1-14(2,3)12-6-5-11-10-15-16(7-8-17-4)13(11)9-12/h5-6,9-10H,7-8H2,1-4H3. The second-order valence-corrected chi connectivity index (χ2v) is 5.38. The third-order valence-electron chi connectivity index (χ3n) is 3.02. The summed E-state index contributed by atoms with van der Waals surface area (Å²) in [6.45, 7) is 8.17. The van der Waals surface area contributed by atoms with Crippen molar-refractivity contribution < 1.29 is 4.74 Å². The number of aromatic nitrogens is 2. The molecule has 0 spiro atoms. The van der Waals surface area contributed by atoms with E-state index in [0.717, 1.165) is 6.54 Å². The van der Waals surface area contributed by atoms with Crippen LogP contribution in [0.3, 0.4) is 0 Å². The fourth-order valence-electron chi connectivity index (χ4n) is 1.89. The highest BCUT2D eigenvalue weighted by Crippen LogP contribution is 2.25. The highest BCUT2D eigenvalue weighted by Gasteiger charge is 2.14. The monoisotopic (exact) mass is 232 g/mol. The fourth-order valence-corrected chi connectivity index (χ4v) is 1.89. The van der Waals surface area contributed by atoms with Gasteiger partial charge in [0, 0.05) is 12.5 Å². The van der Waals surface area contributed by atoms with Gasteiger partial charge in [0.25, 0.3) is 0 Å². The Hall–Kier alpha value is -1.35. The second-order valence-electron chi connectivity index (χ2n) is 5.38. The number of rotatable bonds is 3. The van der Waals surface area contributed by atoms with Crippen LogP contribution in [0.2, 0.25) is 0 Å². The van der Waals surface area contributed by atoms with Gasteiger partial charge in [0.1, 0.15) is 0 Å². The summed E-state index contributed by atoms with van der Waals surface area (Å²) < 4.78 is 7.11. The molecule has 17 heavy (non-hydrogen) atoms. The summed E-state index contributed by atoms with van der Waals surface area (Å²) in [6.07, 6.45) is 1.91. The first-order valence-electron chi connectivity index (χ1n) is 5.97. The first-order valence-corrected chi connectivity index (χ1v) is 5.97. The van der Waals surface area contributed by atoms with Crippen molar-refractivity contribution in [2.24, 2.45) is 0 Å². The van der Waals surface area contributed by atoms with Gasteiger partial charge in [0.15, 0.2) is 0 Å². The zero-order valence-corrected chi connectivity index (χ0v) is 11.0. The van der Waals surface area contributed by atoms with Gasteiger partial charge in [-0.2, -0.15) is 5.10 Å². The lowest BCUT2D eigenvalue weighted by molar-refractivity contribution is 0.185. The van der Waals surface area contributed by atoms with Crippen molar-refractivity contribution in [3.63, 3.8) is 0 Å². The topological polar surface area (TPSA) is 27.1 Å². The van der Waals surface area contributed by atoms with E-state index in [2.05, 4.69) is 44.1 Å². The minimum atomic E-state index is 0.171. The lowest BCUT2D eigenvalue weighted by Gasteiger charge is -2.19. The summed E-state index contributed by atoms with van der Waals surface area (Å²) in [5.41, 5.74) is 2.70. The molecule has 2 aromatic rings. The molecule has 0 radical (unpaired) electrons. The number of ether oxygens (including phenoxy) is 1. The molecule has 0 N–H and O–H groups in total. The van der Waals surface area contributed by atoms with E-state index in [-0.39, 0.29) is 5.41 Å². The number of hydrogen-bond acceptors (Lipinski definition) is 2. The van der Waals surface area contributed by atoms with Gasteiger partial charge in [-0.25, -0.2) is 0 Å². The Morgan fingerprint density at radius 1 is 1.29 bits per heavy atom. The minimum Gasteiger partial charge on any atom is -0.383 e. The minimum absolute atomic E-state index is 0.171. The van der Waals surface area contributed by atoms with Gasteiger partial charge >= 0.3 is 0 Å². The Morgan fingerprint density at radius 3 is 2.71 bits per heavy atom. The molecule has 0 aliphatic heterocycles. The van der Waals surface area contributed by atoms with Gasteiger partial charge in [-0.3, -0.25) is 4.68 Å². The number of benzene rings is 1. The molecule has 0 fully saturated rings. The van der Waals surface area contributed by atoms with E-state index >= 15 is 0 Å². The van der Waals surface area contributed by atoms with Gasteiger partial charge in [0.05, 0.1) is 24.9 Å². The van der Waals surface area contributed by atoms with E-state index in [1.165, 1.54) is 16.5 Å². The number of nitrogens with zero attached hydrogens (tertiary/aromatic N) is 2. The van der Waals surface area contributed by atoms with Crippen molar-refractivity contribution in [1.82, 2.24) is 9.78 Å². The van der Waals surface area contributed by atoms with Crippen molar-refractivity contribution in [3.05, 3.63) is 30.0 Å².